The van der Waals surface area contributed by atoms with Crippen LogP contribution in [0.3, 0.4) is 0 Å². The molecule has 2 aliphatic rings. The van der Waals surface area contributed by atoms with E-state index in [2.05, 4.69) is 0 Å². The fourth-order valence-electron chi connectivity index (χ4n) is 3.35. The molecule has 0 N–H and O–H groups in total. The van der Waals surface area contributed by atoms with Gasteiger partial charge < -0.3 is 9.80 Å². The number of fused-ring (bicyclic) bond motifs is 1. The SMILES string of the molecule is O=C(c1cc(F)ccc1F)N1CCCN(C(=O)C2CC2)c2ccccc21. The summed E-state index contributed by atoms with van der Waals surface area (Å²) in [4.78, 5) is 28.7. The molecule has 2 aromatic rings. The first kappa shape index (κ1) is 16.7. The molecule has 1 heterocycles. The Morgan fingerprint density at radius 1 is 0.923 bits per heavy atom. The van der Waals surface area contributed by atoms with E-state index in [4.69, 9.17) is 0 Å². The van der Waals surface area contributed by atoms with Gasteiger partial charge in [-0.05, 0) is 49.6 Å². The Bertz CT molecular complexity index is 880. The molecular formula is C20H18F2N2O2. The number of halogens is 2. The van der Waals surface area contributed by atoms with Crippen LogP contribution in [-0.2, 0) is 4.79 Å². The molecule has 6 heteroatoms. The molecule has 0 radical (unpaired) electrons. The van der Waals surface area contributed by atoms with E-state index in [9.17, 15) is 18.4 Å². The second-order valence-electron chi connectivity index (χ2n) is 6.69. The number of carbonyl (C=O) groups excluding carboxylic acids is 2. The molecule has 134 valence electrons. The zero-order valence-electron chi connectivity index (χ0n) is 14.1. The number of hydrogen-bond donors (Lipinski definition) is 0. The molecule has 4 nitrogen and oxygen atoms in total. The van der Waals surface area contributed by atoms with E-state index in [0.29, 0.717) is 30.9 Å². The number of anilines is 2. The number of para-hydroxylation sites is 2. The van der Waals surface area contributed by atoms with Crippen LogP contribution in [0.25, 0.3) is 0 Å². The highest BCUT2D eigenvalue weighted by atomic mass is 19.1. The molecule has 0 aromatic heterocycles. The van der Waals surface area contributed by atoms with Crippen LogP contribution in [0.15, 0.2) is 42.5 Å². The van der Waals surface area contributed by atoms with E-state index in [1.807, 2.05) is 6.07 Å². The van der Waals surface area contributed by atoms with Gasteiger partial charge >= 0.3 is 0 Å². The van der Waals surface area contributed by atoms with Crippen molar-refractivity contribution in [1.29, 1.82) is 0 Å². The van der Waals surface area contributed by atoms with Gasteiger partial charge in [0, 0.05) is 19.0 Å². The van der Waals surface area contributed by atoms with Crippen LogP contribution in [-0.4, -0.2) is 24.9 Å². The van der Waals surface area contributed by atoms with E-state index in [1.54, 1.807) is 23.1 Å². The van der Waals surface area contributed by atoms with Crippen molar-refractivity contribution in [3.8, 4) is 0 Å². The summed E-state index contributed by atoms with van der Waals surface area (Å²) in [6, 6.07) is 9.97. The van der Waals surface area contributed by atoms with Gasteiger partial charge in [-0.15, -0.1) is 0 Å². The first-order valence-corrected chi connectivity index (χ1v) is 8.73. The Morgan fingerprint density at radius 2 is 1.58 bits per heavy atom. The third kappa shape index (κ3) is 2.96. The number of carbonyl (C=O) groups is 2. The fraction of sp³-hybridized carbons (Fsp3) is 0.300. The Hall–Kier alpha value is -2.76. The van der Waals surface area contributed by atoms with E-state index in [0.717, 1.165) is 31.0 Å². The molecule has 1 saturated carbocycles. The van der Waals surface area contributed by atoms with Crippen molar-refractivity contribution in [2.24, 2.45) is 5.92 Å². The first-order valence-electron chi connectivity index (χ1n) is 8.73. The third-order valence-electron chi connectivity index (χ3n) is 4.82. The summed E-state index contributed by atoms with van der Waals surface area (Å²) in [5.74, 6) is -1.89. The molecule has 26 heavy (non-hydrogen) atoms. The van der Waals surface area contributed by atoms with Crippen molar-refractivity contribution in [2.45, 2.75) is 19.3 Å². The summed E-state index contributed by atoms with van der Waals surface area (Å²) < 4.78 is 27.6. The van der Waals surface area contributed by atoms with Gasteiger partial charge in [-0.3, -0.25) is 9.59 Å². The molecule has 0 bridgehead atoms. The van der Waals surface area contributed by atoms with Gasteiger partial charge in [-0.25, -0.2) is 8.78 Å². The number of hydrogen-bond acceptors (Lipinski definition) is 2. The Balaban J connectivity index is 1.74. The molecule has 1 aliphatic heterocycles. The van der Waals surface area contributed by atoms with Gasteiger partial charge in [0.2, 0.25) is 5.91 Å². The normalized spacial score (nSPS) is 16.8. The number of benzene rings is 2. The molecule has 2 aromatic carbocycles. The van der Waals surface area contributed by atoms with Gasteiger partial charge in [0.1, 0.15) is 11.6 Å². The number of nitrogens with zero attached hydrogens (tertiary/aromatic N) is 2. The van der Waals surface area contributed by atoms with Crippen molar-refractivity contribution >= 4 is 23.2 Å². The van der Waals surface area contributed by atoms with Crippen molar-refractivity contribution < 1.29 is 18.4 Å². The fourth-order valence-corrected chi connectivity index (χ4v) is 3.35. The summed E-state index contributed by atoms with van der Waals surface area (Å²) in [6.45, 7) is 0.835. The number of amides is 2. The lowest BCUT2D eigenvalue weighted by atomic mass is 10.1. The maximum Gasteiger partial charge on any atom is 0.261 e. The van der Waals surface area contributed by atoms with E-state index in [1.165, 1.54) is 4.90 Å². The van der Waals surface area contributed by atoms with Gasteiger partial charge in [-0.1, -0.05) is 12.1 Å². The minimum atomic E-state index is -0.760. The minimum absolute atomic E-state index is 0.0611. The summed E-state index contributed by atoms with van der Waals surface area (Å²) >= 11 is 0. The molecule has 1 fully saturated rings. The molecule has 0 atom stereocenters. The lowest BCUT2D eigenvalue weighted by Crippen LogP contribution is -2.32. The highest BCUT2D eigenvalue weighted by Gasteiger charge is 2.36. The van der Waals surface area contributed by atoms with E-state index < -0.39 is 17.5 Å². The topological polar surface area (TPSA) is 40.6 Å². The van der Waals surface area contributed by atoms with Crippen LogP contribution < -0.4 is 9.80 Å². The summed E-state index contributed by atoms with van der Waals surface area (Å²) in [7, 11) is 0. The molecule has 0 unspecified atom stereocenters. The standard InChI is InChI=1S/C20H18F2N2O2/c21-14-8-9-16(22)15(12-14)20(26)24-11-3-10-23(19(25)13-6-7-13)17-4-1-2-5-18(17)24/h1-2,4-5,8-9,12-13H,3,6-7,10-11H2. The van der Waals surface area contributed by atoms with E-state index >= 15 is 0 Å². The highest BCUT2D eigenvalue weighted by Crippen LogP contribution is 2.38. The average Bonchev–Trinajstić information content (AvgIpc) is 3.49. The summed E-state index contributed by atoms with van der Waals surface area (Å²) in [5.41, 5.74) is 0.890. The Kier molecular flexibility index (Phi) is 4.18. The van der Waals surface area contributed by atoms with E-state index in [-0.39, 0.29) is 17.4 Å². The summed E-state index contributed by atoms with van der Waals surface area (Å²) in [6.07, 6.45) is 2.36. The highest BCUT2D eigenvalue weighted by molar-refractivity contribution is 6.10. The lowest BCUT2D eigenvalue weighted by molar-refractivity contribution is -0.119. The second-order valence-corrected chi connectivity index (χ2v) is 6.69. The smallest absolute Gasteiger partial charge is 0.261 e. The lowest BCUT2D eigenvalue weighted by Gasteiger charge is -2.25. The summed E-state index contributed by atoms with van der Waals surface area (Å²) in [5, 5.41) is 0. The largest absolute Gasteiger partial charge is 0.310 e. The number of rotatable bonds is 2. The van der Waals surface area contributed by atoms with Crippen molar-refractivity contribution in [3.05, 3.63) is 59.7 Å². The van der Waals surface area contributed by atoms with Gasteiger partial charge in [0.15, 0.2) is 0 Å². The van der Waals surface area contributed by atoms with Crippen LogP contribution in [0, 0.1) is 17.6 Å². The first-order chi connectivity index (χ1) is 12.6. The zero-order valence-corrected chi connectivity index (χ0v) is 14.1. The second kappa shape index (κ2) is 6.52. The predicted molar refractivity (Wildman–Crippen MR) is 94.2 cm³/mol. The third-order valence-corrected chi connectivity index (χ3v) is 4.82. The van der Waals surface area contributed by atoms with Crippen LogP contribution in [0.4, 0.5) is 20.2 Å². The van der Waals surface area contributed by atoms with Crippen molar-refractivity contribution in [3.63, 3.8) is 0 Å². The van der Waals surface area contributed by atoms with Crippen LogP contribution in [0.2, 0.25) is 0 Å². The molecule has 4 rings (SSSR count). The maximum atomic E-state index is 14.1. The monoisotopic (exact) mass is 356 g/mol. The van der Waals surface area contributed by atoms with Crippen LogP contribution in [0.1, 0.15) is 29.6 Å². The van der Waals surface area contributed by atoms with Gasteiger partial charge in [0.05, 0.1) is 16.9 Å². The molecule has 0 saturated heterocycles. The van der Waals surface area contributed by atoms with Crippen LogP contribution in [0.5, 0.6) is 0 Å². The van der Waals surface area contributed by atoms with Crippen LogP contribution >= 0.6 is 0 Å². The maximum absolute atomic E-state index is 14.1. The van der Waals surface area contributed by atoms with Gasteiger partial charge in [0.25, 0.3) is 5.91 Å². The molecule has 0 spiro atoms. The minimum Gasteiger partial charge on any atom is -0.310 e. The predicted octanol–water partition coefficient (Wildman–Crippen LogP) is 3.76. The Labute approximate surface area is 150 Å². The average molecular weight is 356 g/mol. The Morgan fingerprint density at radius 3 is 2.27 bits per heavy atom. The van der Waals surface area contributed by atoms with Crippen molar-refractivity contribution in [1.82, 2.24) is 0 Å². The molecule has 1 aliphatic carbocycles. The van der Waals surface area contributed by atoms with Crippen molar-refractivity contribution in [2.75, 3.05) is 22.9 Å². The molecule has 2 amide bonds. The molecular weight excluding hydrogens is 338 g/mol. The van der Waals surface area contributed by atoms with Gasteiger partial charge in [-0.2, -0.15) is 0 Å². The zero-order chi connectivity index (χ0) is 18.3. The quantitative estimate of drug-likeness (QED) is 0.822.